The number of rotatable bonds is 5. The Morgan fingerprint density at radius 2 is 2.14 bits per heavy atom. The third-order valence-corrected chi connectivity index (χ3v) is 6.04. The second-order valence-corrected chi connectivity index (χ2v) is 8.32. The summed E-state index contributed by atoms with van der Waals surface area (Å²) in [6.07, 6.45) is 2.57. The van der Waals surface area contributed by atoms with E-state index in [-0.39, 0.29) is 24.0 Å². The van der Waals surface area contributed by atoms with Crippen molar-refractivity contribution in [1.29, 1.82) is 0 Å². The zero-order chi connectivity index (χ0) is 15.7. The molecule has 0 saturated heterocycles. The van der Waals surface area contributed by atoms with Gasteiger partial charge in [-0.25, -0.2) is 13.1 Å². The van der Waals surface area contributed by atoms with Crippen LogP contribution in [0.2, 0.25) is 0 Å². The van der Waals surface area contributed by atoms with Crippen molar-refractivity contribution in [2.24, 2.45) is 5.41 Å². The van der Waals surface area contributed by atoms with Gasteiger partial charge in [0.05, 0.1) is 4.90 Å². The van der Waals surface area contributed by atoms with Crippen LogP contribution in [0.25, 0.3) is 0 Å². The first-order valence-electron chi connectivity index (χ1n) is 7.52. The van der Waals surface area contributed by atoms with E-state index in [1.807, 2.05) is 26.8 Å². The van der Waals surface area contributed by atoms with Crippen molar-refractivity contribution in [3.8, 4) is 0 Å². The van der Waals surface area contributed by atoms with Gasteiger partial charge in [0, 0.05) is 18.1 Å². The molecule has 0 spiro atoms. The minimum Gasteiger partial charge on any atom is -0.396 e. The fraction of sp³-hybridized carbons (Fsp3) is 0.625. The van der Waals surface area contributed by atoms with Crippen LogP contribution in [0.3, 0.4) is 0 Å². The van der Waals surface area contributed by atoms with Crippen molar-refractivity contribution in [3.63, 3.8) is 0 Å². The van der Waals surface area contributed by atoms with E-state index in [0.29, 0.717) is 4.90 Å². The van der Waals surface area contributed by atoms with E-state index in [1.165, 1.54) is 0 Å². The molecular weight excluding hydrogens is 286 g/mol. The molecule has 0 amide bonds. The van der Waals surface area contributed by atoms with E-state index in [0.717, 1.165) is 24.8 Å². The van der Waals surface area contributed by atoms with E-state index in [4.69, 9.17) is 0 Å². The number of benzene rings is 1. The predicted octanol–water partition coefficient (Wildman–Crippen LogP) is 2.64. The molecule has 0 aliphatic heterocycles. The smallest absolute Gasteiger partial charge is 0.240 e. The van der Waals surface area contributed by atoms with E-state index >= 15 is 0 Å². The normalized spacial score (nSPS) is 26.4. The summed E-state index contributed by atoms with van der Waals surface area (Å²) in [4.78, 5) is 0.306. The quantitative estimate of drug-likeness (QED) is 0.878. The lowest BCUT2D eigenvalue weighted by Crippen LogP contribution is -2.44. The first kappa shape index (κ1) is 16.5. The molecule has 5 heteroatoms. The lowest BCUT2D eigenvalue weighted by atomic mass is 9.86. The topological polar surface area (TPSA) is 66.4 Å². The van der Waals surface area contributed by atoms with Gasteiger partial charge in [0.25, 0.3) is 0 Å². The molecule has 1 saturated carbocycles. The number of hydrogen-bond acceptors (Lipinski definition) is 3. The maximum absolute atomic E-state index is 12.6. The second kappa shape index (κ2) is 6.07. The predicted molar refractivity (Wildman–Crippen MR) is 83.7 cm³/mol. The molecule has 21 heavy (non-hydrogen) atoms. The highest BCUT2D eigenvalue weighted by Crippen LogP contribution is 2.38. The SMILES string of the molecule is CC(C)c1cccc(S(=O)(=O)N[C@@H]2CCC[C@]2(C)CO)c1. The Bertz CT molecular complexity index is 597. The zero-order valence-electron chi connectivity index (χ0n) is 13.0. The maximum Gasteiger partial charge on any atom is 0.240 e. The van der Waals surface area contributed by atoms with Crippen LogP contribution in [-0.2, 0) is 10.0 Å². The monoisotopic (exact) mass is 311 g/mol. The van der Waals surface area contributed by atoms with Gasteiger partial charge in [0.2, 0.25) is 10.0 Å². The molecule has 0 heterocycles. The molecule has 0 aromatic heterocycles. The Kier molecular flexibility index (Phi) is 4.76. The van der Waals surface area contributed by atoms with Gasteiger partial charge in [-0.15, -0.1) is 0 Å². The highest BCUT2D eigenvalue weighted by molar-refractivity contribution is 7.89. The minimum atomic E-state index is -3.54. The van der Waals surface area contributed by atoms with Gasteiger partial charge in [-0.2, -0.15) is 0 Å². The van der Waals surface area contributed by atoms with Crippen molar-refractivity contribution in [3.05, 3.63) is 29.8 Å². The Labute approximate surface area is 127 Å². The Balaban J connectivity index is 2.25. The minimum absolute atomic E-state index is 0.00617. The molecule has 1 aliphatic rings. The molecule has 1 aromatic rings. The number of hydrogen-bond donors (Lipinski definition) is 2. The summed E-state index contributed by atoms with van der Waals surface area (Å²) < 4.78 is 27.9. The Morgan fingerprint density at radius 3 is 2.76 bits per heavy atom. The summed E-state index contributed by atoms with van der Waals surface area (Å²) >= 11 is 0. The molecular formula is C16H25NO3S. The van der Waals surface area contributed by atoms with Crippen LogP contribution in [0.1, 0.15) is 51.5 Å². The highest BCUT2D eigenvalue weighted by atomic mass is 32.2. The standard InChI is InChI=1S/C16H25NO3S/c1-12(2)13-6-4-7-14(10-13)21(19,20)17-15-8-5-9-16(15,3)11-18/h4,6-7,10,12,15,17-18H,5,8-9,11H2,1-3H3/t15-,16-/m1/s1. The Morgan fingerprint density at radius 1 is 1.43 bits per heavy atom. The number of aliphatic hydroxyl groups excluding tert-OH is 1. The maximum atomic E-state index is 12.6. The zero-order valence-corrected chi connectivity index (χ0v) is 13.8. The number of nitrogens with one attached hydrogen (secondary N) is 1. The van der Waals surface area contributed by atoms with Crippen LogP contribution < -0.4 is 4.72 Å². The summed E-state index contributed by atoms with van der Waals surface area (Å²) in [6, 6.07) is 6.88. The van der Waals surface area contributed by atoms with E-state index in [2.05, 4.69) is 4.72 Å². The van der Waals surface area contributed by atoms with Crippen LogP contribution in [0.15, 0.2) is 29.2 Å². The first-order chi connectivity index (χ1) is 9.78. The van der Waals surface area contributed by atoms with Crippen LogP contribution in [0.5, 0.6) is 0 Å². The van der Waals surface area contributed by atoms with Gasteiger partial charge in [0.1, 0.15) is 0 Å². The molecule has 118 valence electrons. The summed E-state index contributed by atoms with van der Waals surface area (Å²) in [5, 5.41) is 9.55. The van der Waals surface area contributed by atoms with E-state index in [1.54, 1.807) is 18.2 Å². The molecule has 0 unspecified atom stereocenters. The van der Waals surface area contributed by atoms with Crippen LogP contribution in [0.4, 0.5) is 0 Å². The third kappa shape index (κ3) is 3.47. The van der Waals surface area contributed by atoms with Gasteiger partial charge in [-0.1, -0.05) is 39.3 Å². The van der Waals surface area contributed by atoms with Gasteiger partial charge in [-0.05, 0) is 36.5 Å². The Hall–Kier alpha value is -0.910. The van der Waals surface area contributed by atoms with Crippen molar-refractivity contribution < 1.29 is 13.5 Å². The van der Waals surface area contributed by atoms with Gasteiger partial charge in [0.15, 0.2) is 0 Å². The molecule has 2 rings (SSSR count). The van der Waals surface area contributed by atoms with Crippen molar-refractivity contribution >= 4 is 10.0 Å². The van der Waals surface area contributed by atoms with Crippen LogP contribution in [0, 0.1) is 5.41 Å². The third-order valence-electron chi connectivity index (χ3n) is 4.58. The molecule has 0 bridgehead atoms. The van der Waals surface area contributed by atoms with Crippen molar-refractivity contribution in [2.75, 3.05) is 6.61 Å². The summed E-state index contributed by atoms with van der Waals surface area (Å²) in [6.45, 7) is 6.03. The molecule has 1 aliphatic carbocycles. The summed E-state index contributed by atoms with van der Waals surface area (Å²) in [7, 11) is -3.54. The molecule has 2 N–H and O–H groups in total. The molecule has 4 nitrogen and oxygen atoms in total. The number of aliphatic hydroxyl groups is 1. The van der Waals surface area contributed by atoms with E-state index < -0.39 is 10.0 Å². The average molecular weight is 311 g/mol. The molecule has 1 fully saturated rings. The van der Waals surface area contributed by atoms with E-state index in [9.17, 15) is 13.5 Å². The summed E-state index contributed by atoms with van der Waals surface area (Å²) in [5.41, 5.74) is 0.650. The fourth-order valence-corrected chi connectivity index (χ4v) is 4.38. The molecule has 0 radical (unpaired) electrons. The lowest BCUT2D eigenvalue weighted by Gasteiger charge is -2.29. The van der Waals surface area contributed by atoms with Gasteiger partial charge in [-0.3, -0.25) is 0 Å². The van der Waals surface area contributed by atoms with Crippen LogP contribution >= 0.6 is 0 Å². The number of sulfonamides is 1. The van der Waals surface area contributed by atoms with Crippen LogP contribution in [-0.4, -0.2) is 26.2 Å². The highest BCUT2D eigenvalue weighted by Gasteiger charge is 2.40. The fourth-order valence-electron chi connectivity index (χ4n) is 2.92. The second-order valence-electron chi connectivity index (χ2n) is 6.61. The molecule has 2 atom stereocenters. The van der Waals surface area contributed by atoms with Gasteiger partial charge >= 0.3 is 0 Å². The average Bonchev–Trinajstić information content (AvgIpc) is 2.80. The molecule has 1 aromatic carbocycles. The van der Waals surface area contributed by atoms with Crippen molar-refractivity contribution in [2.45, 2.75) is 56.9 Å². The summed E-state index contributed by atoms with van der Waals surface area (Å²) in [5.74, 6) is 0.286. The largest absolute Gasteiger partial charge is 0.396 e. The lowest BCUT2D eigenvalue weighted by molar-refractivity contribution is 0.127. The van der Waals surface area contributed by atoms with Gasteiger partial charge < -0.3 is 5.11 Å². The van der Waals surface area contributed by atoms with Crippen molar-refractivity contribution in [1.82, 2.24) is 4.72 Å². The first-order valence-corrected chi connectivity index (χ1v) is 9.00.